The van der Waals surface area contributed by atoms with Gasteiger partial charge in [-0.15, -0.1) is 11.3 Å². The Morgan fingerprint density at radius 3 is 2.65 bits per heavy atom. The normalized spacial score (nSPS) is 16.1. The SMILES string of the molecule is c1ccc(CCC2CCN(c3cccc4scnc34)CC2)cc1. The van der Waals surface area contributed by atoms with Gasteiger partial charge >= 0.3 is 0 Å². The maximum atomic E-state index is 4.57. The van der Waals surface area contributed by atoms with Crippen molar-refractivity contribution in [3.63, 3.8) is 0 Å². The molecule has 0 unspecified atom stereocenters. The van der Waals surface area contributed by atoms with Gasteiger partial charge < -0.3 is 4.90 Å². The molecule has 4 rings (SSSR count). The van der Waals surface area contributed by atoms with Crippen LogP contribution in [0.3, 0.4) is 0 Å². The number of aromatic nitrogens is 1. The molecule has 3 heteroatoms. The van der Waals surface area contributed by atoms with E-state index in [1.54, 1.807) is 11.3 Å². The van der Waals surface area contributed by atoms with Crippen LogP contribution in [0.25, 0.3) is 10.2 Å². The van der Waals surface area contributed by atoms with Gasteiger partial charge in [0.25, 0.3) is 0 Å². The molecule has 0 radical (unpaired) electrons. The van der Waals surface area contributed by atoms with E-state index < -0.39 is 0 Å². The Labute approximate surface area is 141 Å². The summed E-state index contributed by atoms with van der Waals surface area (Å²) < 4.78 is 1.30. The number of aryl methyl sites for hydroxylation is 1. The molecule has 2 nitrogen and oxygen atoms in total. The van der Waals surface area contributed by atoms with E-state index in [9.17, 15) is 0 Å². The maximum Gasteiger partial charge on any atom is 0.104 e. The summed E-state index contributed by atoms with van der Waals surface area (Å²) >= 11 is 1.73. The van der Waals surface area contributed by atoms with Gasteiger partial charge in [0, 0.05) is 13.1 Å². The number of para-hydroxylation sites is 1. The van der Waals surface area contributed by atoms with Gasteiger partial charge in [0.05, 0.1) is 15.9 Å². The van der Waals surface area contributed by atoms with Crippen molar-refractivity contribution < 1.29 is 0 Å². The van der Waals surface area contributed by atoms with Gasteiger partial charge in [-0.3, -0.25) is 0 Å². The third-order valence-electron chi connectivity index (χ3n) is 4.98. The van der Waals surface area contributed by atoms with E-state index in [4.69, 9.17) is 0 Å². The summed E-state index contributed by atoms with van der Waals surface area (Å²) in [6.07, 6.45) is 5.13. The summed E-state index contributed by atoms with van der Waals surface area (Å²) in [5.74, 6) is 0.862. The molecule has 1 aliphatic heterocycles. The first-order chi connectivity index (χ1) is 11.4. The zero-order chi connectivity index (χ0) is 15.5. The molecule has 0 spiro atoms. The third kappa shape index (κ3) is 3.25. The zero-order valence-corrected chi connectivity index (χ0v) is 14.1. The first kappa shape index (κ1) is 14.7. The van der Waals surface area contributed by atoms with Gasteiger partial charge in [0.2, 0.25) is 0 Å². The van der Waals surface area contributed by atoms with Crippen molar-refractivity contribution in [3.05, 3.63) is 59.6 Å². The Balaban J connectivity index is 1.37. The summed E-state index contributed by atoms with van der Waals surface area (Å²) in [5.41, 5.74) is 5.94. The second-order valence-electron chi connectivity index (χ2n) is 6.43. The van der Waals surface area contributed by atoms with Gasteiger partial charge in [-0.25, -0.2) is 4.98 Å². The maximum absolute atomic E-state index is 4.57. The lowest BCUT2D eigenvalue weighted by atomic mass is 9.90. The van der Waals surface area contributed by atoms with Gasteiger partial charge in [0.15, 0.2) is 0 Å². The Morgan fingerprint density at radius 2 is 1.83 bits per heavy atom. The van der Waals surface area contributed by atoms with Crippen LogP contribution in [0.2, 0.25) is 0 Å². The quantitative estimate of drug-likeness (QED) is 0.660. The molecule has 0 saturated carbocycles. The monoisotopic (exact) mass is 322 g/mol. The van der Waals surface area contributed by atoms with Gasteiger partial charge in [-0.2, -0.15) is 0 Å². The first-order valence-electron chi connectivity index (χ1n) is 8.51. The van der Waals surface area contributed by atoms with Crippen LogP contribution in [0.15, 0.2) is 54.0 Å². The molecule has 1 aromatic heterocycles. The molecule has 0 bridgehead atoms. The lowest BCUT2D eigenvalue weighted by molar-refractivity contribution is 0.382. The smallest absolute Gasteiger partial charge is 0.104 e. The fourth-order valence-corrected chi connectivity index (χ4v) is 4.30. The number of hydrogen-bond acceptors (Lipinski definition) is 3. The Bertz CT molecular complexity index is 757. The topological polar surface area (TPSA) is 16.1 Å². The molecule has 0 aliphatic carbocycles. The summed E-state index contributed by atoms with van der Waals surface area (Å²) in [6.45, 7) is 2.33. The standard InChI is InChI=1S/C20H22N2S/c1-2-5-16(6-3-1)9-10-17-11-13-22(14-12-17)18-7-4-8-19-20(18)21-15-23-19/h1-8,15,17H,9-14H2. The van der Waals surface area contributed by atoms with E-state index >= 15 is 0 Å². The van der Waals surface area contributed by atoms with E-state index in [2.05, 4.69) is 58.4 Å². The average Bonchev–Trinajstić information content (AvgIpc) is 3.10. The fraction of sp³-hybridized carbons (Fsp3) is 0.350. The van der Waals surface area contributed by atoms with Gasteiger partial charge in [0.1, 0.15) is 5.52 Å². The number of hydrogen-bond donors (Lipinski definition) is 0. The number of benzene rings is 2. The second-order valence-corrected chi connectivity index (χ2v) is 7.32. The molecule has 118 valence electrons. The summed E-state index contributed by atoms with van der Waals surface area (Å²) in [5, 5.41) is 0. The van der Waals surface area contributed by atoms with Gasteiger partial charge in [-0.05, 0) is 49.3 Å². The minimum atomic E-state index is 0.862. The summed E-state index contributed by atoms with van der Waals surface area (Å²) in [7, 11) is 0. The van der Waals surface area contributed by atoms with Gasteiger partial charge in [-0.1, -0.05) is 36.4 Å². The van der Waals surface area contributed by atoms with Crippen LogP contribution < -0.4 is 4.90 Å². The molecule has 1 aliphatic rings. The Morgan fingerprint density at radius 1 is 1.00 bits per heavy atom. The summed E-state index contributed by atoms with van der Waals surface area (Å²) in [4.78, 5) is 7.09. The van der Waals surface area contributed by atoms with Crippen LogP contribution in [-0.4, -0.2) is 18.1 Å². The molecular formula is C20H22N2S. The number of fused-ring (bicyclic) bond motifs is 1. The molecular weight excluding hydrogens is 300 g/mol. The number of nitrogens with zero attached hydrogens (tertiary/aromatic N) is 2. The minimum Gasteiger partial charge on any atom is -0.370 e. The van der Waals surface area contributed by atoms with E-state index in [0.29, 0.717) is 0 Å². The number of thiazole rings is 1. The van der Waals surface area contributed by atoms with E-state index in [-0.39, 0.29) is 0 Å². The molecule has 0 N–H and O–H groups in total. The number of rotatable bonds is 4. The predicted octanol–water partition coefficient (Wildman–Crippen LogP) is 5.15. The van der Waals surface area contributed by atoms with Crippen LogP contribution in [0, 0.1) is 5.92 Å². The highest BCUT2D eigenvalue weighted by atomic mass is 32.1. The third-order valence-corrected chi connectivity index (χ3v) is 5.77. The van der Waals surface area contributed by atoms with Crippen LogP contribution in [0.4, 0.5) is 5.69 Å². The van der Waals surface area contributed by atoms with Crippen molar-refractivity contribution in [3.8, 4) is 0 Å². The molecule has 23 heavy (non-hydrogen) atoms. The van der Waals surface area contributed by atoms with Crippen LogP contribution in [0.5, 0.6) is 0 Å². The molecule has 2 heterocycles. The molecule has 1 fully saturated rings. The summed E-state index contributed by atoms with van der Waals surface area (Å²) in [6, 6.07) is 17.4. The molecule has 2 aromatic carbocycles. The molecule has 0 amide bonds. The van der Waals surface area contributed by atoms with Crippen molar-refractivity contribution >= 4 is 27.2 Å². The second kappa shape index (κ2) is 6.71. The lowest BCUT2D eigenvalue weighted by Crippen LogP contribution is -2.33. The van der Waals surface area contributed by atoms with Crippen molar-refractivity contribution in [1.29, 1.82) is 0 Å². The first-order valence-corrected chi connectivity index (χ1v) is 9.39. The van der Waals surface area contributed by atoms with Crippen LogP contribution in [-0.2, 0) is 6.42 Å². The fourth-order valence-electron chi connectivity index (χ4n) is 3.60. The van der Waals surface area contributed by atoms with E-state index in [1.165, 1.54) is 47.2 Å². The minimum absolute atomic E-state index is 0.862. The highest BCUT2D eigenvalue weighted by molar-refractivity contribution is 7.16. The van der Waals surface area contributed by atoms with E-state index in [1.807, 2.05) is 5.51 Å². The van der Waals surface area contributed by atoms with Crippen molar-refractivity contribution in [2.24, 2.45) is 5.92 Å². The zero-order valence-electron chi connectivity index (χ0n) is 13.3. The lowest BCUT2D eigenvalue weighted by Gasteiger charge is -2.33. The molecule has 0 atom stereocenters. The average molecular weight is 322 g/mol. The van der Waals surface area contributed by atoms with Crippen molar-refractivity contribution in [2.45, 2.75) is 25.7 Å². The highest BCUT2D eigenvalue weighted by Gasteiger charge is 2.21. The van der Waals surface area contributed by atoms with E-state index in [0.717, 1.165) is 19.0 Å². The van der Waals surface area contributed by atoms with Crippen molar-refractivity contribution in [2.75, 3.05) is 18.0 Å². The largest absolute Gasteiger partial charge is 0.370 e. The predicted molar refractivity (Wildman–Crippen MR) is 99.3 cm³/mol. The molecule has 3 aromatic rings. The number of piperidine rings is 1. The van der Waals surface area contributed by atoms with Crippen LogP contribution >= 0.6 is 11.3 Å². The van der Waals surface area contributed by atoms with Crippen molar-refractivity contribution in [1.82, 2.24) is 4.98 Å². The molecule has 1 saturated heterocycles. The highest BCUT2D eigenvalue weighted by Crippen LogP contribution is 2.32. The Kier molecular flexibility index (Phi) is 4.29. The number of anilines is 1. The Hall–Kier alpha value is -1.87. The van der Waals surface area contributed by atoms with Crippen LogP contribution in [0.1, 0.15) is 24.8 Å².